The van der Waals surface area contributed by atoms with Gasteiger partial charge in [0.25, 0.3) is 0 Å². The van der Waals surface area contributed by atoms with Gasteiger partial charge < -0.3 is 10.6 Å². The SMILES string of the molecule is O=C(Nc1ccc(Nc2cccc3cccnc23)nn1)C1CCC1. The van der Waals surface area contributed by atoms with Crippen molar-refractivity contribution in [1.29, 1.82) is 0 Å². The van der Waals surface area contributed by atoms with Gasteiger partial charge in [0.15, 0.2) is 11.6 Å². The van der Waals surface area contributed by atoms with Crippen molar-refractivity contribution in [3.63, 3.8) is 0 Å². The van der Waals surface area contributed by atoms with E-state index < -0.39 is 0 Å². The van der Waals surface area contributed by atoms with Crippen LogP contribution < -0.4 is 10.6 Å². The number of pyridine rings is 1. The second-order valence-corrected chi connectivity index (χ2v) is 5.93. The first-order chi connectivity index (χ1) is 11.8. The average molecular weight is 319 g/mol. The maximum atomic E-state index is 11.9. The number of rotatable bonds is 4. The first-order valence-electron chi connectivity index (χ1n) is 8.05. The minimum absolute atomic E-state index is 0.0366. The molecule has 0 aliphatic heterocycles. The summed E-state index contributed by atoms with van der Waals surface area (Å²) in [6.07, 6.45) is 4.82. The standard InChI is InChI=1S/C18H17N5O/c24-18(13-5-1-6-13)21-16-10-9-15(22-23-16)20-14-8-2-4-12-7-3-11-19-17(12)14/h2-4,7-11,13H,1,5-6H2,(H,20,22)(H,21,23,24). The molecule has 6 heteroatoms. The molecule has 1 fully saturated rings. The Bertz CT molecular complexity index is 869. The highest BCUT2D eigenvalue weighted by Crippen LogP contribution is 2.27. The molecule has 0 radical (unpaired) electrons. The third kappa shape index (κ3) is 2.90. The van der Waals surface area contributed by atoms with Gasteiger partial charge in [0.1, 0.15) is 0 Å². The Hall–Kier alpha value is -3.02. The zero-order valence-corrected chi connectivity index (χ0v) is 13.1. The summed E-state index contributed by atoms with van der Waals surface area (Å²) in [5, 5.41) is 15.3. The number of carbonyl (C=O) groups excluding carboxylic acids is 1. The van der Waals surface area contributed by atoms with Gasteiger partial charge in [-0.3, -0.25) is 9.78 Å². The maximum Gasteiger partial charge on any atom is 0.228 e. The zero-order chi connectivity index (χ0) is 16.4. The summed E-state index contributed by atoms with van der Waals surface area (Å²) in [5.41, 5.74) is 1.75. The highest BCUT2D eigenvalue weighted by molar-refractivity contribution is 5.93. The van der Waals surface area contributed by atoms with Crippen LogP contribution in [0.1, 0.15) is 19.3 Å². The quantitative estimate of drug-likeness (QED) is 0.769. The molecule has 6 nitrogen and oxygen atoms in total. The lowest BCUT2D eigenvalue weighted by Crippen LogP contribution is -2.28. The Balaban J connectivity index is 1.49. The van der Waals surface area contributed by atoms with Crippen LogP contribution in [0.5, 0.6) is 0 Å². The fraction of sp³-hybridized carbons (Fsp3) is 0.222. The van der Waals surface area contributed by atoms with E-state index in [1.165, 1.54) is 0 Å². The number of para-hydroxylation sites is 1. The molecule has 1 saturated carbocycles. The molecule has 1 aromatic carbocycles. The number of carbonyl (C=O) groups is 1. The molecule has 1 aliphatic carbocycles. The molecule has 0 saturated heterocycles. The van der Waals surface area contributed by atoms with Gasteiger partial charge in [-0.15, -0.1) is 10.2 Å². The molecule has 120 valence electrons. The van der Waals surface area contributed by atoms with E-state index in [9.17, 15) is 4.79 Å². The lowest BCUT2D eigenvalue weighted by Gasteiger charge is -2.23. The minimum Gasteiger partial charge on any atom is -0.337 e. The van der Waals surface area contributed by atoms with Gasteiger partial charge in [0, 0.05) is 17.5 Å². The summed E-state index contributed by atoms with van der Waals surface area (Å²) in [5.74, 6) is 1.25. The molecule has 2 aromatic heterocycles. The van der Waals surface area contributed by atoms with Crippen molar-refractivity contribution in [3.05, 3.63) is 48.7 Å². The average Bonchev–Trinajstić information content (AvgIpc) is 2.55. The Morgan fingerprint density at radius 3 is 2.54 bits per heavy atom. The topological polar surface area (TPSA) is 79.8 Å². The summed E-state index contributed by atoms with van der Waals surface area (Å²) >= 11 is 0. The Morgan fingerprint density at radius 1 is 1.00 bits per heavy atom. The summed E-state index contributed by atoms with van der Waals surface area (Å²) in [6.45, 7) is 0. The number of anilines is 3. The Kier molecular flexibility index (Phi) is 3.78. The first kappa shape index (κ1) is 14.6. The second-order valence-electron chi connectivity index (χ2n) is 5.93. The molecule has 2 heterocycles. The predicted molar refractivity (Wildman–Crippen MR) is 93.0 cm³/mol. The van der Waals surface area contributed by atoms with Crippen LogP contribution in [-0.2, 0) is 4.79 Å². The third-order valence-electron chi connectivity index (χ3n) is 4.29. The number of hydrogen-bond donors (Lipinski definition) is 2. The van der Waals surface area contributed by atoms with E-state index in [0.29, 0.717) is 11.6 Å². The fourth-order valence-corrected chi connectivity index (χ4v) is 2.71. The van der Waals surface area contributed by atoms with Crippen molar-refractivity contribution < 1.29 is 4.79 Å². The van der Waals surface area contributed by atoms with Crippen molar-refractivity contribution in [2.24, 2.45) is 5.92 Å². The van der Waals surface area contributed by atoms with Gasteiger partial charge in [0.05, 0.1) is 11.2 Å². The van der Waals surface area contributed by atoms with Crippen molar-refractivity contribution in [3.8, 4) is 0 Å². The second kappa shape index (κ2) is 6.23. The molecule has 0 spiro atoms. The monoisotopic (exact) mass is 319 g/mol. The van der Waals surface area contributed by atoms with Crippen molar-refractivity contribution in [2.45, 2.75) is 19.3 Å². The summed E-state index contributed by atoms with van der Waals surface area (Å²) in [4.78, 5) is 16.3. The van der Waals surface area contributed by atoms with Gasteiger partial charge >= 0.3 is 0 Å². The minimum atomic E-state index is 0.0366. The van der Waals surface area contributed by atoms with E-state index in [4.69, 9.17) is 0 Å². The highest BCUT2D eigenvalue weighted by atomic mass is 16.2. The van der Waals surface area contributed by atoms with Gasteiger partial charge in [-0.2, -0.15) is 0 Å². The van der Waals surface area contributed by atoms with Gasteiger partial charge in [-0.1, -0.05) is 24.6 Å². The van der Waals surface area contributed by atoms with Crippen LogP contribution in [0.15, 0.2) is 48.7 Å². The Morgan fingerprint density at radius 2 is 1.79 bits per heavy atom. The molecule has 3 aromatic rings. The van der Waals surface area contributed by atoms with Gasteiger partial charge in [0.2, 0.25) is 5.91 Å². The predicted octanol–water partition coefficient (Wildman–Crippen LogP) is 3.51. The number of nitrogens with one attached hydrogen (secondary N) is 2. The van der Waals surface area contributed by atoms with Crippen LogP contribution in [0, 0.1) is 5.92 Å². The largest absolute Gasteiger partial charge is 0.337 e. The lowest BCUT2D eigenvalue weighted by atomic mass is 9.85. The molecule has 0 bridgehead atoms. The van der Waals surface area contributed by atoms with Crippen LogP contribution >= 0.6 is 0 Å². The fourth-order valence-electron chi connectivity index (χ4n) is 2.71. The van der Waals surface area contributed by atoms with E-state index in [0.717, 1.165) is 35.9 Å². The Labute approximate surface area is 139 Å². The smallest absolute Gasteiger partial charge is 0.228 e. The number of benzene rings is 1. The molecule has 1 aliphatic rings. The maximum absolute atomic E-state index is 11.9. The van der Waals surface area contributed by atoms with Gasteiger partial charge in [-0.05, 0) is 37.1 Å². The molecular weight excluding hydrogens is 302 g/mol. The summed E-state index contributed by atoms with van der Waals surface area (Å²) in [6, 6.07) is 13.4. The molecule has 4 rings (SSSR count). The van der Waals surface area contributed by atoms with Crippen LogP contribution in [-0.4, -0.2) is 21.1 Å². The lowest BCUT2D eigenvalue weighted by molar-refractivity contribution is -0.122. The summed E-state index contributed by atoms with van der Waals surface area (Å²) in [7, 11) is 0. The molecular formula is C18H17N5O. The molecule has 24 heavy (non-hydrogen) atoms. The molecule has 1 amide bonds. The summed E-state index contributed by atoms with van der Waals surface area (Å²) < 4.78 is 0. The molecule has 2 N–H and O–H groups in total. The van der Waals surface area contributed by atoms with E-state index in [1.54, 1.807) is 18.3 Å². The van der Waals surface area contributed by atoms with Gasteiger partial charge in [-0.25, -0.2) is 0 Å². The number of nitrogens with zero attached hydrogens (tertiary/aromatic N) is 3. The van der Waals surface area contributed by atoms with Crippen LogP contribution in [0.2, 0.25) is 0 Å². The van der Waals surface area contributed by atoms with Crippen LogP contribution in [0.4, 0.5) is 17.3 Å². The van der Waals surface area contributed by atoms with Crippen molar-refractivity contribution in [2.75, 3.05) is 10.6 Å². The van der Waals surface area contributed by atoms with E-state index >= 15 is 0 Å². The number of aromatic nitrogens is 3. The van der Waals surface area contributed by atoms with Crippen molar-refractivity contribution >= 4 is 34.1 Å². The normalized spacial score (nSPS) is 14.2. The van der Waals surface area contributed by atoms with E-state index in [-0.39, 0.29) is 11.8 Å². The highest BCUT2D eigenvalue weighted by Gasteiger charge is 2.25. The number of amides is 1. The molecule has 0 unspecified atom stereocenters. The zero-order valence-electron chi connectivity index (χ0n) is 13.1. The van der Waals surface area contributed by atoms with E-state index in [2.05, 4.69) is 25.8 Å². The molecule has 0 atom stereocenters. The first-order valence-corrected chi connectivity index (χ1v) is 8.05. The number of fused-ring (bicyclic) bond motifs is 1. The van der Waals surface area contributed by atoms with Crippen molar-refractivity contribution in [1.82, 2.24) is 15.2 Å². The number of hydrogen-bond acceptors (Lipinski definition) is 5. The van der Waals surface area contributed by atoms with E-state index in [1.807, 2.05) is 30.3 Å². The van der Waals surface area contributed by atoms with Crippen LogP contribution in [0.25, 0.3) is 10.9 Å². The third-order valence-corrected chi connectivity index (χ3v) is 4.29. The van der Waals surface area contributed by atoms with Crippen LogP contribution in [0.3, 0.4) is 0 Å².